The van der Waals surface area contributed by atoms with Crippen molar-refractivity contribution in [3.8, 4) is 0 Å². The molecule has 90 valence electrons. The van der Waals surface area contributed by atoms with Gasteiger partial charge in [-0.15, -0.1) is 0 Å². The van der Waals surface area contributed by atoms with Crippen LogP contribution in [0.4, 0.5) is 0 Å². The van der Waals surface area contributed by atoms with Crippen molar-refractivity contribution in [2.75, 3.05) is 12.8 Å². The van der Waals surface area contributed by atoms with E-state index in [1.807, 2.05) is 18.5 Å². The smallest absolute Gasteiger partial charge is 0.211 e. The van der Waals surface area contributed by atoms with Gasteiger partial charge in [0.15, 0.2) is 0 Å². The topological polar surface area (TPSA) is 55.2 Å². The highest BCUT2D eigenvalue weighted by Gasteiger charge is 2.27. The van der Waals surface area contributed by atoms with E-state index in [4.69, 9.17) is 0 Å². The Morgan fingerprint density at radius 2 is 2.12 bits per heavy atom. The molecular weight excluding hydrogens is 226 g/mol. The number of sulfonamides is 1. The highest BCUT2D eigenvalue weighted by atomic mass is 32.2. The van der Waals surface area contributed by atoms with Gasteiger partial charge in [-0.1, -0.05) is 0 Å². The molecule has 0 atom stereocenters. The fourth-order valence-corrected chi connectivity index (χ4v) is 2.98. The van der Waals surface area contributed by atoms with Gasteiger partial charge in [-0.05, 0) is 25.8 Å². The molecule has 0 saturated heterocycles. The van der Waals surface area contributed by atoms with Gasteiger partial charge in [-0.3, -0.25) is 4.68 Å². The van der Waals surface area contributed by atoms with Crippen molar-refractivity contribution in [3.63, 3.8) is 0 Å². The third-order valence-corrected chi connectivity index (χ3v) is 4.32. The Hall–Kier alpha value is -0.880. The van der Waals surface area contributed by atoms with Gasteiger partial charge in [0, 0.05) is 13.1 Å². The van der Waals surface area contributed by atoms with Crippen LogP contribution in [-0.2, 0) is 29.5 Å². The molecule has 0 amide bonds. The van der Waals surface area contributed by atoms with Crippen molar-refractivity contribution < 1.29 is 8.42 Å². The van der Waals surface area contributed by atoms with Gasteiger partial charge in [-0.2, -0.15) is 9.40 Å². The van der Waals surface area contributed by atoms with Gasteiger partial charge < -0.3 is 0 Å². The van der Waals surface area contributed by atoms with Gasteiger partial charge in [0.05, 0.1) is 24.2 Å². The molecule has 1 aromatic rings. The molecule has 6 heteroatoms. The third-order valence-electron chi connectivity index (χ3n) is 3.07. The molecule has 1 aliphatic heterocycles. The van der Waals surface area contributed by atoms with Crippen LogP contribution in [0.25, 0.3) is 0 Å². The van der Waals surface area contributed by atoms with Crippen molar-refractivity contribution in [2.45, 2.75) is 33.4 Å². The quantitative estimate of drug-likeness (QED) is 0.761. The number of fused-ring (bicyclic) bond motifs is 1. The highest BCUT2D eigenvalue weighted by molar-refractivity contribution is 7.88. The zero-order chi connectivity index (χ0) is 11.9. The summed E-state index contributed by atoms with van der Waals surface area (Å²) in [5.74, 6) is 0. The Balaban J connectivity index is 2.39. The summed E-state index contributed by atoms with van der Waals surface area (Å²) in [5.41, 5.74) is 3.31. The minimum Gasteiger partial charge on any atom is -0.268 e. The zero-order valence-electron chi connectivity index (χ0n) is 9.89. The van der Waals surface area contributed by atoms with Crippen molar-refractivity contribution in [3.05, 3.63) is 17.0 Å². The van der Waals surface area contributed by atoms with Crippen molar-refractivity contribution in [1.82, 2.24) is 14.1 Å². The van der Waals surface area contributed by atoms with Crippen molar-refractivity contribution in [1.29, 1.82) is 0 Å². The predicted octanol–water partition coefficient (Wildman–Crippen LogP) is 0.529. The van der Waals surface area contributed by atoms with Crippen molar-refractivity contribution in [2.24, 2.45) is 0 Å². The molecule has 0 saturated carbocycles. The first-order chi connectivity index (χ1) is 7.43. The standard InChI is InChI=1S/C10H17N3O2S/c1-4-13-10-7-12(16(3,14)15)6-5-9(10)8(2)11-13/h4-7H2,1-3H3. The van der Waals surface area contributed by atoms with E-state index in [0.29, 0.717) is 13.1 Å². The average Bonchev–Trinajstić information content (AvgIpc) is 2.54. The summed E-state index contributed by atoms with van der Waals surface area (Å²) in [6.07, 6.45) is 2.03. The molecule has 0 aliphatic carbocycles. The number of aromatic nitrogens is 2. The summed E-state index contributed by atoms with van der Waals surface area (Å²) in [6, 6.07) is 0. The molecule has 0 bridgehead atoms. The monoisotopic (exact) mass is 243 g/mol. The minimum absolute atomic E-state index is 0.461. The van der Waals surface area contributed by atoms with Crippen LogP contribution >= 0.6 is 0 Å². The van der Waals surface area contributed by atoms with Crippen LogP contribution in [0.1, 0.15) is 23.9 Å². The molecular formula is C10H17N3O2S. The lowest BCUT2D eigenvalue weighted by Crippen LogP contribution is -2.35. The minimum atomic E-state index is -3.09. The van der Waals surface area contributed by atoms with E-state index in [-0.39, 0.29) is 0 Å². The molecule has 0 N–H and O–H groups in total. The van der Waals surface area contributed by atoms with Crippen LogP contribution in [-0.4, -0.2) is 35.3 Å². The molecule has 1 aliphatic rings. The maximum Gasteiger partial charge on any atom is 0.211 e. The number of hydrogen-bond donors (Lipinski definition) is 0. The first-order valence-corrected chi connectivity index (χ1v) is 7.28. The Kier molecular flexibility index (Phi) is 2.79. The largest absolute Gasteiger partial charge is 0.268 e. The number of hydrogen-bond acceptors (Lipinski definition) is 3. The number of aryl methyl sites for hydroxylation is 2. The van der Waals surface area contributed by atoms with E-state index < -0.39 is 10.0 Å². The average molecular weight is 243 g/mol. The predicted molar refractivity (Wildman–Crippen MR) is 61.6 cm³/mol. The lowest BCUT2D eigenvalue weighted by molar-refractivity contribution is 0.379. The van der Waals surface area contributed by atoms with Crippen molar-refractivity contribution >= 4 is 10.0 Å². The third kappa shape index (κ3) is 1.87. The molecule has 5 nitrogen and oxygen atoms in total. The molecule has 2 heterocycles. The van der Waals surface area contributed by atoms with Crippen LogP contribution in [0.2, 0.25) is 0 Å². The van der Waals surface area contributed by atoms with E-state index in [1.165, 1.54) is 16.1 Å². The molecule has 0 spiro atoms. The summed E-state index contributed by atoms with van der Waals surface area (Å²) >= 11 is 0. The normalized spacial score (nSPS) is 17.4. The first-order valence-electron chi connectivity index (χ1n) is 5.43. The second-order valence-corrected chi connectivity index (χ2v) is 6.16. The molecule has 2 rings (SSSR count). The van der Waals surface area contributed by atoms with E-state index in [9.17, 15) is 8.42 Å². The Bertz CT molecular complexity index is 504. The highest BCUT2D eigenvalue weighted by Crippen LogP contribution is 2.23. The maximum atomic E-state index is 11.5. The van der Waals surface area contributed by atoms with Gasteiger partial charge in [0.1, 0.15) is 0 Å². The molecule has 0 aromatic carbocycles. The Morgan fingerprint density at radius 3 is 2.69 bits per heavy atom. The zero-order valence-corrected chi connectivity index (χ0v) is 10.7. The lowest BCUT2D eigenvalue weighted by Gasteiger charge is -2.25. The van der Waals surface area contributed by atoms with Gasteiger partial charge >= 0.3 is 0 Å². The fraction of sp³-hybridized carbons (Fsp3) is 0.700. The summed E-state index contributed by atoms with van der Waals surface area (Å²) in [5, 5.41) is 4.42. The maximum absolute atomic E-state index is 11.5. The summed E-state index contributed by atoms with van der Waals surface area (Å²) in [6.45, 7) is 5.83. The van der Waals surface area contributed by atoms with E-state index in [0.717, 1.165) is 24.4 Å². The Labute approximate surface area is 96.1 Å². The van der Waals surface area contributed by atoms with Crippen LogP contribution < -0.4 is 0 Å². The van der Waals surface area contributed by atoms with Crippen LogP contribution in [0, 0.1) is 6.92 Å². The second-order valence-electron chi connectivity index (χ2n) is 4.17. The lowest BCUT2D eigenvalue weighted by atomic mass is 10.1. The molecule has 0 radical (unpaired) electrons. The molecule has 16 heavy (non-hydrogen) atoms. The Morgan fingerprint density at radius 1 is 1.44 bits per heavy atom. The molecule has 0 unspecified atom stereocenters. The van der Waals surface area contributed by atoms with E-state index in [1.54, 1.807) is 0 Å². The van der Waals surface area contributed by atoms with E-state index in [2.05, 4.69) is 5.10 Å². The summed E-state index contributed by atoms with van der Waals surface area (Å²) in [4.78, 5) is 0. The van der Waals surface area contributed by atoms with Gasteiger partial charge in [0.2, 0.25) is 10.0 Å². The second kappa shape index (κ2) is 3.85. The summed E-state index contributed by atoms with van der Waals surface area (Å²) < 4.78 is 26.4. The number of rotatable bonds is 2. The molecule has 0 fully saturated rings. The van der Waals surface area contributed by atoms with Crippen LogP contribution in [0.3, 0.4) is 0 Å². The van der Waals surface area contributed by atoms with Crippen LogP contribution in [0.15, 0.2) is 0 Å². The summed E-state index contributed by atoms with van der Waals surface area (Å²) in [7, 11) is -3.09. The fourth-order valence-electron chi connectivity index (χ4n) is 2.20. The first kappa shape index (κ1) is 11.6. The van der Waals surface area contributed by atoms with Gasteiger partial charge in [0.25, 0.3) is 0 Å². The van der Waals surface area contributed by atoms with Crippen LogP contribution in [0.5, 0.6) is 0 Å². The SMILES string of the molecule is CCn1nc(C)c2c1CN(S(C)(=O)=O)CC2. The number of nitrogens with zero attached hydrogens (tertiary/aromatic N) is 3. The van der Waals surface area contributed by atoms with Gasteiger partial charge in [-0.25, -0.2) is 8.42 Å². The molecule has 1 aromatic heterocycles. The van der Waals surface area contributed by atoms with E-state index >= 15 is 0 Å².